The van der Waals surface area contributed by atoms with Gasteiger partial charge in [-0.05, 0) is 23.4 Å². The number of hydrazine groups is 1. The molecule has 2 rings (SSSR count). The van der Waals surface area contributed by atoms with E-state index in [9.17, 15) is 33.8 Å². The van der Waals surface area contributed by atoms with Crippen molar-refractivity contribution in [2.24, 2.45) is 5.73 Å². The molecule has 1 aromatic rings. The van der Waals surface area contributed by atoms with E-state index < -0.39 is 64.2 Å². The first kappa shape index (κ1) is 26.4. The summed E-state index contributed by atoms with van der Waals surface area (Å²) in [6.45, 7) is 4.46. The number of ether oxygens (including phenoxy) is 2. The van der Waals surface area contributed by atoms with Crippen LogP contribution in [0.15, 0.2) is 36.4 Å². The van der Waals surface area contributed by atoms with E-state index in [0.717, 1.165) is 18.1 Å². The first-order valence-corrected chi connectivity index (χ1v) is 10.6. The van der Waals surface area contributed by atoms with Gasteiger partial charge in [-0.2, -0.15) is 0 Å². The maximum absolute atomic E-state index is 12.8. The number of urea groups is 1. The van der Waals surface area contributed by atoms with E-state index in [0.29, 0.717) is 0 Å². The van der Waals surface area contributed by atoms with Gasteiger partial charge in [-0.1, -0.05) is 12.6 Å². The fraction of sp³-hybridized carbons (Fsp3) is 0.333. The fourth-order valence-corrected chi connectivity index (χ4v) is 4.18. The smallest absolute Gasteiger partial charge is 0.333 e. The molecule has 4 atom stereocenters. The summed E-state index contributed by atoms with van der Waals surface area (Å²) in [4.78, 5) is 61.5. The number of benzene rings is 1. The highest BCUT2D eigenvalue weighted by molar-refractivity contribution is 7.90. The van der Waals surface area contributed by atoms with Crippen molar-refractivity contribution in [3.05, 3.63) is 46.5 Å². The number of carbonyl (C=O) groups excluding carboxylic acids is 4. The molecule has 1 fully saturated rings. The molecular weight excluding hydrogens is 476 g/mol. The van der Waals surface area contributed by atoms with Crippen LogP contribution in [-0.2, 0) is 30.5 Å². The Morgan fingerprint density at radius 1 is 1.38 bits per heavy atom. The molecule has 16 heteroatoms. The Bertz CT molecular complexity index is 1010. The van der Waals surface area contributed by atoms with E-state index in [1.165, 1.54) is 25.1 Å². The molecule has 0 saturated carbocycles. The third kappa shape index (κ3) is 6.12. The second-order valence-electron chi connectivity index (χ2n) is 6.89. The summed E-state index contributed by atoms with van der Waals surface area (Å²) in [7, 11) is 1.09. The lowest BCUT2D eigenvalue weighted by atomic mass is 9.99. The minimum atomic E-state index is -2.24. The standard InChI is InChI=1S/C18H22N6O9S/c1-9(2)14(17(27)32-3)23-15(26)13(16(23)34(31)22-21-18(19)28)20-12(25)8-33-11-6-4-5-10(7-11)24(29)30/h4-7,13-14,16,22H,1,8H2,2-3H3,(H,20,25)(H3,19,21,28). The molecule has 1 aliphatic heterocycles. The third-order valence-corrected chi connectivity index (χ3v) is 5.70. The van der Waals surface area contributed by atoms with Crippen molar-refractivity contribution in [1.82, 2.24) is 20.5 Å². The quantitative estimate of drug-likeness (QED) is 0.0696. The number of nitrogens with one attached hydrogen (secondary N) is 3. The Morgan fingerprint density at radius 2 is 2.06 bits per heavy atom. The van der Waals surface area contributed by atoms with Gasteiger partial charge in [0, 0.05) is 6.07 Å². The Kier molecular flexibility index (Phi) is 8.76. The van der Waals surface area contributed by atoms with Gasteiger partial charge in [0.25, 0.3) is 17.5 Å². The number of rotatable bonds is 11. The Balaban J connectivity index is 2.15. The van der Waals surface area contributed by atoms with Crippen molar-refractivity contribution in [2.75, 3.05) is 13.7 Å². The first-order chi connectivity index (χ1) is 16.0. The lowest BCUT2D eigenvalue weighted by Gasteiger charge is -2.47. The van der Waals surface area contributed by atoms with Gasteiger partial charge in [0.1, 0.15) is 5.75 Å². The number of nitro benzene ring substituents is 1. The van der Waals surface area contributed by atoms with Crippen LogP contribution in [0.1, 0.15) is 6.92 Å². The Labute approximate surface area is 196 Å². The number of esters is 1. The highest BCUT2D eigenvalue weighted by Crippen LogP contribution is 2.30. The lowest BCUT2D eigenvalue weighted by Crippen LogP contribution is -2.78. The normalized spacial score (nSPS) is 18.7. The number of nitro groups is 1. The van der Waals surface area contributed by atoms with Crippen molar-refractivity contribution in [3.8, 4) is 5.75 Å². The van der Waals surface area contributed by atoms with E-state index in [1.54, 1.807) is 0 Å². The number of hydrogen-bond acceptors (Lipinski definition) is 10. The van der Waals surface area contributed by atoms with Gasteiger partial charge in [-0.15, -0.1) is 0 Å². The second kappa shape index (κ2) is 11.3. The molecule has 1 aliphatic rings. The van der Waals surface area contributed by atoms with Crippen LogP contribution in [-0.4, -0.2) is 69.4 Å². The minimum Gasteiger partial charge on any atom is -0.595 e. The molecule has 4 amide bonds. The number of methoxy groups -OCH3 is 1. The molecule has 15 nitrogen and oxygen atoms in total. The lowest BCUT2D eigenvalue weighted by molar-refractivity contribution is -0.384. The van der Waals surface area contributed by atoms with Crippen LogP contribution in [0.25, 0.3) is 0 Å². The molecule has 0 aromatic heterocycles. The van der Waals surface area contributed by atoms with E-state index in [4.69, 9.17) is 10.5 Å². The van der Waals surface area contributed by atoms with Crippen LogP contribution in [0.3, 0.4) is 0 Å². The van der Waals surface area contributed by atoms with E-state index in [2.05, 4.69) is 21.5 Å². The molecule has 1 aromatic carbocycles. The van der Waals surface area contributed by atoms with Crippen LogP contribution in [0.5, 0.6) is 5.75 Å². The summed E-state index contributed by atoms with van der Waals surface area (Å²) in [6.07, 6.45) is 0. The highest BCUT2D eigenvalue weighted by atomic mass is 32.2. The predicted octanol–water partition coefficient (Wildman–Crippen LogP) is -1.42. The van der Waals surface area contributed by atoms with Gasteiger partial charge in [-0.3, -0.25) is 24.6 Å². The monoisotopic (exact) mass is 498 g/mol. The van der Waals surface area contributed by atoms with Crippen LogP contribution >= 0.6 is 0 Å². The van der Waals surface area contributed by atoms with Crippen molar-refractivity contribution in [1.29, 1.82) is 0 Å². The summed E-state index contributed by atoms with van der Waals surface area (Å²) >= 11 is -2.24. The Hall–Kier alpha value is -3.89. The van der Waals surface area contributed by atoms with E-state index in [1.807, 2.05) is 5.43 Å². The molecule has 0 spiro atoms. The van der Waals surface area contributed by atoms with Gasteiger partial charge in [0.2, 0.25) is 5.37 Å². The number of carbonyl (C=O) groups is 4. The van der Waals surface area contributed by atoms with Crippen molar-refractivity contribution in [3.63, 3.8) is 0 Å². The zero-order chi connectivity index (χ0) is 25.6. The maximum Gasteiger partial charge on any atom is 0.333 e. The average molecular weight is 498 g/mol. The topological polar surface area (TPSA) is 218 Å². The number of non-ortho nitro benzene ring substituents is 1. The predicted molar refractivity (Wildman–Crippen MR) is 116 cm³/mol. The van der Waals surface area contributed by atoms with Gasteiger partial charge in [-0.25, -0.2) is 15.0 Å². The molecule has 1 heterocycles. The molecule has 34 heavy (non-hydrogen) atoms. The molecule has 0 radical (unpaired) electrons. The van der Waals surface area contributed by atoms with Crippen molar-refractivity contribution < 1.29 is 38.1 Å². The van der Waals surface area contributed by atoms with Crippen LogP contribution in [0, 0.1) is 10.1 Å². The summed E-state index contributed by atoms with van der Waals surface area (Å²) in [6, 6.07) is 1.34. The average Bonchev–Trinajstić information content (AvgIpc) is 2.79. The van der Waals surface area contributed by atoms with Gasteiger partial charge >= 0.3 is 12.0 Å². The molecule has 0 aliphatic carbocycles. The largest absolute Gasteiger partial charge is 0.595 e. The molecule has 184 valence electrons. The number of primary amides is 1. The number of likely N-dealkylation sites (tertiary alicyclic amines) is 1. The van der Waals surface area contributed by atoms with Gasteiger partial charge in [0.05, 0.1) is 29.5 Å². The minimum absolute atomic E-state index is 0.0337. The van der Waals surface area contributed by atoms with Crippen LogP contribution < -0.4 is 26.0 Å². The highest BCUT2D eigenvalue weighted by Gasteiger charge is 2.60. The van der Waals surface area contributed by atoms with Crippen molar-refractivity contribution >= 4 is 40.9 Å². The summed E-state index contributed by atoms with van der Waals surface area (Å²) in [5.41, 5.74) is 6.78. The molecule has 5 N–H and O–H groups in total. The maximum atomic E-state index is 12.8. The van der Waals surface area contributed by atoms with Gasteiger partial charge in [0.15, 0.2) is 18.7 Å². The number of amides is 4. The number of nitrogens with zero attached hydrogens (tertiary/aromatic N) is 2. The van der Waals surface area contributed by atoms with Crippen LogP contribution in [0.2, 0.25) is 0 Å². The molecule has 0 bridgehead atoms. The zero-order valence-electron chi connectivity index (χ0n) is 18.0. The third-order valence-electron chi connectivity index (χ3n) is 4.46. The van der Waals surface area contributed by atoms with E-state index in [-0.39, 0.29) is 17.0 Å². The summed E-state index contributed by atoms with van der Waals surface area (Å²) in [5.74, 6) is -2.42. The first-order valence-electron chi connectivity index (χ1n) is 9.41. The number of hydrogen-bond donors (Lipinski definition) is 4. The van der Waals surface area contributed by atoms with Gasteiger partial charge < -0.3 is 25.1 Å². The molecular formula is C18H22N6O9S. The SMILES string of the molecule is C=C(C)C(C(=O)OC)N1C(=O)C(NC(=O)COc2cccc([N+](=O)[O-])c2)C1[S+]([O-])NNC(N)=O. The van der Waals surface area contributed by atoms with E-state index >= 15 is 0 Å². The second-order valence-corrected chi connectivity index (χ2v) is 8.17. The fourth-order valence-electron chi connectivity index (χ4n) is 3.00. The Morgan fingerprint density at radius 3 is 2.62 bits per heavy atom. The summed E-state index contributed by atoms with van der Waals surface area (Å²) in [5, 5.41) is 11.8. The zero-order valence-corrected chi connectivity index (χ0v) is 18.8. The summed E-state index contributed by atoms with van der Waals surface area (Å²) < 4.78 is 22.6. The van der Waals surface area contributed by atoms with Crippen molar-refractivity contribution in [2.45, 2.75) is 24.4 Å². The molecule has 4 unspecified atom stereocenters. The molecule has 1 saturated heterocycles. The number of nitrogens with two attached hydrogens (primary N) is 1. The number of β-lactam (4-membered cyclic amide) rings is 1. The van der Waals surface area contributed by atoms with Crippen LogP contribution in [0.4, 0.5) is 10.5 Å².